The summed E-state index contributed by atoms with van der Waals surface area (Å²) in [6.07, 6.45) is 2.90. The second-order valence-corrected chi connectivity index (χ2v) is 5.82. The molecule has 116 valence electrons. The Morgan fingerprint density at radius 2 is 2.05 bits per heavy atom. The molecule has 0 saturated carbocycles. The van der Waals surface area contributed by atoms with Gasteiger partial charge in [-0.2, -0.15) is 13.2 Å². The molecule has 2 nitrogen and oxygen atoms in total. The maximum Gasteiger partial charge on any atom is 0.389 e. The molecule has 0 aromatic heterocycles. The van der Waals surface area contributed by atoms with Crippen molar-refractivity contribution in [2.24, 2.45) is 5.92 Å². The molecular formula is C14H21F3O2S. The highest BCUT2D eigenvalue weighted by Gasteiger charge is 2.28. The van der Waals surface area contributed by atoms with E-state index < -0.39 is 23.8 Å². The Kier molecular flexibility index (Phi) is 9.56. The third-order valence-electron chi connectivity index (χ3n) is 2.99. The van der Waals surface area contributed by atoms with Crippen LogP contribution in [0.5, 0.6) is 0 Å². The minimum absolute atomic E-state index is 0.130. The van der Waals surface area contributed by atoms with Crippen LogP contribution in [0.15, 0.2) is 0 Å². The average Bonchev–Trinajstić information content (AvgIpc) is 2.38. The Morgan fingerprint density at radius 1 is 1.40 bits per heavy atom. The number of carbonyl (C=O) groups is 1. The van der Waals surface area contributed by atoms with Crippen LogP contribution < -0.4 is 0 Å². The second-order valence-electron chi connectivity index (χ2n) is 4.51. The van der Waals surface area contributed by atoms with Gasteiger partial charge in [0.2, 0.25) is 0 Å². The summed E-state index contributed by atoms with van der Waals surface area (Å²) in [5.41, 5.74) is 0. The van der Waals surface area contributed by atoms with Crippen LogP contribution in [-0.2, 0) is 9.53 Å². The van der Waals surface area contributed by atoms with Crippen molar-refractivity contribution in [3.05, 3.63) is 0 Å². The van der Waals surface area contributed by atoms with Gasteiger partial charge in [0.05, 0.1) is 13.5 Å². The summed E-state index contributed by atoms with van der Waals surface area (Å²) in [6, 6.07) is 0. The molecule has 0 aliphatic heterocycles. The lowest BCUT2D eigenvalue weighted by Gasteiger charge is -2.18. The Hall–Kier alpha value is -0.830. The van der Waals surface area contributed by atoms with Gasteiger partial charge in [-0.05, 0) is 18.8 Å². The van der Waals surface area contributed by atoms with E-state index >= 15 is 0 Å². The monoisotopic (exact) mass is 310 g/mol. The van der Waals surface area contributed by atoms with Crippen molar-refractivity contribution < 1.29 is 22.7 Å². The summed E-state index contributed by atoms with van der Waals surface area (Å²) in [7, 11) is 1.25. The molecule has 0 aliphatic carbocycles. The molecule has 0 saturated heterocycles. The molecule has 2 atom stereocenters. The molecular weight excluding hydrogens is 289 g/mol. The number of terminal acetylenes is 1. The minimum atomic E-state index is -4.19. The van der Waals surface area contributed by atoms with Crippen molar-refractivity contribution in [2.45, 2.75) is 50.5 Å². The van der Waals surface area contributed by atoms with Crippen LogP contribution in [0.4, 0.5) is 13.2 Å². The number of alkyl halides is 3. The Morgan fingerprint density at radius 3 is 2.50 bits per heavy atom. The number of rotatable bonds is 9. The molecule has 0 aliphatic rings. The Balaban J connectivity index is 4.29. The molecule has 0 fully saturated rings. The fourth-order valence-electron chi connectivity index (χ4n) is 1.72. The number of methoxy groups -OCH3 is 1. The molecule has 0 heterocycles. The summed E-state index contributed by atoms with van der Waals surface area (Å²) in [6.45, 7) is 2.01. The zero-order valence-electron chi connectivity index (χ0n) is 11.8. The number of halogens is 3. The van der Waals surface area contributed by atoms with Gasteiger partial charge in [0.15, 0.2) is 0 Å². The SMILES string of the molecule is C#CCC(CC)CCC(SCCC(F)(F)F)C(=O)OC. The van der Waals surface area contributed by atoms with E-state index in [2.05, 4.69) is 10.7 Å². The molecule has 0 radical (unpaired) electrons. The molecule has 0 rings (SSSR count). The van der Waals surface area contributed by atoms with E-state index in [1.807, 2.05) is 6.92 Å². The third-order valence-corrected chi connectivity index (χ3v) is 4.26. The Labute approximate surface area is 122 Å². The number of ether oxygens (including phenoxy) is 1. The van der Waals surface area contributed by atoms with Gasteiger partial charge >= 0.3 is 12.1 Å². The summed E-state index contributed by atoms with van der Waals surface area (Å²) in [5.74, 6) is 2.28. The van der Waals surface area contributed by atoms with Gasteiger partial charge in [0, 0.05) is 12.2 Å². The standard InChI is InChI=1S/C14H21F3O2S/c1-4-6-11(5-2)7-8-12(13(18)19-3)20-10-9-14(15,16)17/h1,11-12H,5-10H2,2-3H3. The lowest BCUT2D eigenvalue weighted by atomic mass is 9.96. The van der Waals surface area contributed by atoms with Gasteiger partial charge in [-0.15, -0.1) is 24.1 Å². The number of carbonyl (C=O) groups excluding carboxylic acids is 1. The molecule has 0 aromatic rings. The van der Waals surface area contributed by atoms with Crippen molar-refractivity contribution in [3.8, 4) is 12.3 Å². The first-order valence-corrected chi connectivity index (χ1v) is 7.58. The van der Waals surface area contributed by atoms with E-state index in [1.54, 1.807) is 0 Å². The van der Waals surface area contributed by atoms with Crippen LogP contribution in [0, 0.1) is 18.3 Å². The van der Waals surface area contributed by atoms with Gasteiger partial charge in [0.1, 0.15) is 5.25 Å². The molecule has 6 heteroatoms. The molecule has 20 heavy (non-hydrogen) atoms. The van der Waals surface area contributed by atoms with Crippen molar-refractivity contribution in [2.75, 3.05) is 12.9 Å². The van der Waals surface area contributed by atoms with Gasteiger partial charge in [-0.3, -0.25) is 4.79 Å². The van der Waals surface area contributed by atoms with Crippen LogP contribution in [0.3, 0.4) is 0 Å². The zero-order chi connectivity index (χ0) is 15.6. The largest absolute Gasteiger partial charge is 0.468 e. The molecule has 0 bridgehead atoms. The lowest BCUT2D eigenvalue weighted by Crippen LogP contribution is -2.21. The fourth-order valence-corrected chi connectivity index (χ4v) is 2.89. The van der Waals surface area contributed by atoms with Crippen LogP contribution in [-0.4, -0.2) is 30.3 Å². The summed E-state index contributed by atoms with van der Waals surface area (Å²) < 4.78 is 41.0. The summed E-state index contributed by atoms with van der Waals surface area (Å²) in [4.78, 5) is 11.6. The van der Waals surface area contributed by atoms with E-state index in [4.69, 9.17) is 6.42 Å². The minimum Gasteiger partial charge on any atom is -0.468 e. The van der Waals surface area contributed by atoms with E-state index in [1.165, 1.54) is 7.11 Å². The van der Waals surface area contributed by atoms with Gasteiger partial charge in [-0.25, -0.2) is 0 Å². The van der Waals surface area contributed by atoms with E-state index in [0.717, 1.165) is 24.6 Å². The van der Waals surface area contributed by atoms with Crippen molar-refractivity contribution >= 4 is 17.7 Å². The average molecular weight is 310 g/mol. The maximum atomic E-state index is 12.1. The van der Waals surface area contributed by atoms with Gasteiger partial charge < -0.3 is 4.74 Å². The van der Waals surface area contributed by atoms with Crippen LogP contribution >= 0.6 is 11.8 Å². The highest BCUT2D eigenvalue weighted by atomic mass is 32.2. The van der Waals surface area contributed by atoms with Crippen LogP contribution in [0.2, 0.25) is 0 Å². The molecule has 0 spiro atoms. The summed E-state index contributed by atoms with van der Waals surface area (Å²) >= 11 is 1.01. The van der Waals surface area contributed by atoms with Gasteiger partial charge in [0.25, 0.3) is 0 Å². The molecule has 0 N–H and O–H groups in total. The number of esters is 1. The van der Waals surface area contributed by atoms with E-state index in [0.29, 0.717) is 18.8 Å². The maximum absolute atomic E-state index is 12.1. The molecule has 2 unspecified atom stereocenters. The first kappa shape index (κ1) is 19.2. The first-order valence-electron chi connectivity index (χ1n) is 6.53. The normalized spacial score (nSPS) is 14.4. The quantitative estimate of drug-likeness (QED) is 0.475. The summed E-state index contributed by atoms with van der Waals surface area (Å²) in [5, 5.41) is -0.547. The number of hydrogen-bond acceptors (Lipinski definition) is 3. The third kappa shape index (κ3) is 9.13. The van der Waals surface area contributed by atoms with E-state index in [9.17, 15) is 18.0 Å². The fraction of sp³-hybridized carbons (Fsp3) is 0.786. The predicted octanol–water partition coefficient (Wildman–Crippen LogP) is 4.04. The second kappa shape index (κ2) is 9.98. The van der Waals surface area contributed by atoms with Crippen LogP contribution in [0.25, 0.3) is 0 Å². The number of thioether (sulfide) groups is 1. The van der Waals surface area contributed by atoms with Crippen molar-refractivity contribution in [1.29, 1.82) is 0 Å². The topological polar surface area (TPSA) is 26.3 Å². The van der Waals surface area contributed by atoms with E-state index in [-0.39, 0.29) is 5.75 Å². The lowest BCUT2D eigenvalue weighted by molar-refractivity contribution is -0.140. The van der Waals surface area contributed by atoms with Crippen LogP contribution in [0.1, 0.15) is 39.0 Å². The van der Waals surface area contributed by atoms with Crippen molar-refractivity contribution in [1.82, 2.24) is 0 Å². The first-order chi connectivity index (χ1) is 9.34. The zero-order valence-corrected chi connectivity index (χ0v) is 12.6. The van der Waals surface area contributed by atoms with Crippen molar-refractivity contribution in [3.63, 3.8) is 0 Å². The number of hydrogen-bond donors (Lipinski definition) is 0. The Bertz CT molecular complexity index is 323. The predicted molar refractivity (Wildman–Crippen MR) is 75.4 cm³/mol. The smallest absolute Gasteiger partial charge is 0.389 e. The molecule has 0 amide bonds. The van der Waals surface area contributed by atoms with Gasteiger partial charge in [-0.1, -0.05) is 13.3 Å². The highest BCUT2D eigenvalue weighted by molar-refractivity contribution is 8.00. The highest BCUT2D eigenvalue weighted by Crippen LogP contribution is 2.27. The molecule has 0 aromatic carbocycles.